The molecule has 0 aromatic rings. The SMILES string of the molecule is CCC#CCCCC(=O)OCC. The van der Waals surface area contributed by atoms with E-state index in [0.29, 0.717) is 13.0 Å². The number of ether oxygens (including phenoxy) is 1. The van der Waals surface area contributed by atoms with Crippen LogP contribution in [-0.4, -0.2) is 12.6 Å². The monoisotopic (exact) mass is 168 g/mol. The summed E-state index contributed by atoms with van der Waals surface area (Å²) in [5, 5.41) is 0. The van der Waals surface area contributed by atoms with Crippen molar-refractivity contribution in [1.29, 1.82) is 0 Å². The third-order valence-corrected chi connectivity index (χ3v) is 1.29. The Bertz CT molecular complexity index is 174. The van der Waals surface area contributed by atoms with Gasteiger partial charge < -0.3 is 4.74 Å². The first kappa shape index (κ1) is 11.0. The van der Waals surface area contributed by atoms with Crippen molar-refractivity contribution in [2.45, 2.75) is 39.5 Å². The lowest BCUT2D eigenvalue weighted by molar-refractivity contribution is -0.143. The Balaban J connectivity index is 3.25. The van der Waals surface area contributed by atoms with E-state index in [4.69, 9.17) is 4.74 Å². The van der Waals surface area contributed by atoms with Crippen LogP contribution in [0.5, 0.6) is 0 Å². The fraction of sp³-hybridized carbons (Fsp3) is 0.700. The minimum atomic E-state index is -0.115. The lowest BCUT2D eigenvalue weighted by Crippen LogP contribution is -2.02. The molecule has 0 N–H and O–H groups in total. The Kier molecular flexibility index (Phi) is 7.47. The molecule has 0 amide bonds. The number of esters is 1. The van der Waals surface area contributed by atoms with E-state index in [0.717, 1.165) is 19.3 Å². The summed E-state index contributed by atoms with van der Waals surface area (Å²) in [7, 11) is 0. The highest BCUT2D eigenvalue weighted by Gasteiger charge is 1.98. The van der Waals surface area contributed by atoms with Crippen LogP contribution in [0.2, 0.25) is 0 Å². The van der Waals surface area contributed by atoms with Crippen LogP contribution in [0.1, 0.15) is 39.5 Å². The molecule has 0 radical (unpaired) electrons. The van der Waals surface area contributed by atoms with Crippen LogP contribution in [-0.2, 0) is 9.53 Å². The quantitative estimate of drug-likeness (QED) is 0.365. The zero-order chi connectivity index (χ0) is 9.23. The summed E-state index contributed by atoms with van der Waals surface area (Å²) >= 11 is 0. The topological polar surface area (TPSA) is 26.3 Å². The molecule has 0 aliphatic heterocycles. The van der Waals surface area contributed by atoms with Crippen LogP contribution in [0.4, 0.5) is 0 Å². The molecule has 0 rings (SSSR count). The van der Waals surface area contributed by atoms with E-state index in [-0.39, 0.29) is 5.97 Å². The van der Waals surface area contributed by atoms with Crippen LogP contribution in [0, 0.1) is 11.8 Å². The minimum Gasteiger partial charge on any atom is -0.466 e. The molecule has 2 nitrogen and oxygen atoms in total. The number of carbonyl (C=O) groups is 1. The second-order valence-corrected chi connectivity index (χ2v) is 2.37. The lowest BCUT2D eigenvalue weighted by atomic mass is 10.2. The van der Waals surface area contributed by atoms with Crippen molar-refractivity contribution >= 4 is 5.97 Å². The maximum absolute atomic E-state index is 10.8. The Morgan fingerprint density at radius 2 is 2.08 bits per heavy atom. The Hall–Kier alpha value is -0.970. The van der Waals surface area contributed by atoms with Crippen molar-refractivity contribution in [3.05, 3.63) is 0 Å². The van der Waals surface area contributed by atoms with E-state index in [1.54, 1.807) is 0 Å². The molecule has 12 heavy (non-hydrogen) atoms. The fourth-order valence-electron chi connectivity index (χ4n) is 0.768. The van der Waals surface area contributed by atoms with Crippen LogP contribution in [0.3, 0.4) is 0 Å². The third kappa shape index (κ3) is 7.14. The summed E-state index contributed by atoms with van der Waals surface area (Å²) in [6.07, 6.45) is 2.99. The molecule has 0 aromatic heterocycles. The normalized spacial score (nSPS) is 8.50. The molecule has 0 heterocycles. The van der Waals surface area contributed by atoms with Crippen molar-refractivity contribution in [3.63, 3.8) is 0 Å². The molecule has 0 aliphatic carbocycles. The third-order valence-electron chi connectivity index (χ3n) is 1.29. The van der Waals surface area contributed by atoms with Gasteiger partial charge in [0, 0.05) is 19.3 Å². The summed E-state index contributed by atoms with van der Waals surface area (Å²) in [6, 6.07) is 0. The zero-order valence-electron chi connectivity index (χ0n) is 7.85. The molecule has 0 atom stereocenters. The van der Waals surface area contributed by atoms with Crippen LogP contribution in [0.15, 0.2) is 0 Å². The molecular formula is C10H16O2. The number of rotatable bonds is 4. The number of hydrogen-bond acceptors (Lipinski definition) is 2. The van der Waals surface area contributed by atoms with Gasteiger partial charge in [-0.15, -0.1) is 11.8 Å². The van der Waals surface area contributed by atoms with Gasteiger partial charge in [0.05, 0.1) is 6.61 Å². The van der Waals surface area contributed by atoms with Gasteiger partial charge >= 0.3 is 5.97 Å². The van der Waals surface area contributed by atoms with Gasteiger partial charge in [-0.05, 0) is 13.3 Å². The molecule has 0 saturated heterocycles. The van der Waals surface area contributed by atoms with Crippen LogP contribution >= 0.6 is 0 Å². The van der Waals surface area contributed by atoms with Gasteiger partial charge in [-0.2, -0.15) is 0 Å². The predicted molar refractivity (Wildman–Crippen MR) is 48.6 cm³/mol. The first-order valence-electron chi connectivity index (χ1n) is 4.42. The average Bonchev–Trinajstić information content (AvgIpc) is 2.05. The van der Waals surface area contributed by atoms with Crippen molar-refractivity contribution in [2.24, 2.45) is 0 Å². The molecule has 0 aliphatic rings. The van der Waals surface area contributed by atoms with Gasteiger partial charge in [0.15, 0.2) is 0 Å². The highest BCUT2D eigenvalue weighted by Crippen LogP contribution is 1.96. The largest absolute Gasteiger partial charge is 0.466 e. The summed E-state index contributed by atoms with van der Waals surface area (Å²) in [5.74, 6) is 5.81. The average molecular weight is 168 g/mol. The van der Waals surface area contributed by atoms with Crippen molar-refractivity contribution in [1.82, 2.24) is 0 Å². The van der Waals surface area contributed by atoms with Crippen molar-refractivity contribution < 1.29 is 9.53 Å². The van der Waals surface area contributed by atoms with Gasteiger partial charge in [-0.3, -0.25) is 4.79 Å². The van der Waals surface area contributed by atoms with E-state index in [9.17, 15) is 4.79 Å². The van der Waals surface area contributed by atoms with Gasteiger partial charge in [-0.1, -0.05) is 6.92 Å². The first-order valence-corrected chi connectivity index (χ1v) is 4.42. The molecular weight excluding hydrogens is 152 g/mol. The molecule has 0 fully saturated rings. The van der Waals surface area contributed by atoms with Gasteiger partial charge in [0.25, 0.3) is 0 Å². The summed E-state index contributed by atoms with van der Waals surface area (Å²) in [5.41, 5.74) is 0. The Morgan fingerprint density at radius 1 is 1.33 bits per heavy atom. The lowest BCUT2D eigenvalue weighted by Gasteiger charge is -1.98. The maximum atomic E-state index is 10.8. The standard InChI is InChI=1S/C10H16O2/c1-3-5-6-7-8-9-10(11)12-4-2/h3-4,7-9H2,1-2H3. The van der Waals surface area contributed by atoms with E-state index in [1.807, 2.05) is 13.8 Å². The summed E-state index contributed by atoms with van der Waals surface area (Å²) in [4.78, 5) is 10.8. The minimum absolute atomic E-state index is 0.115. The molecule has 2 heteroatoms. The van der Waals surface area contributed by atoms with Crippen molar-refractivity contribution in [3.8, 4) is 11.8 Å². The van der Waals surface area contributed by atoms with Crippen molar-refractivity contribution in [2.75, 3.05) is 6.61 Å². The second-order valence-electron chi connectivity index (χ2n) is 2.37. The maximum Gasteiger partial charge on any atom is 0.305 e. The fourth-order valence-corrected chi connectivity index (χ4v) is 0.768. The second kappa shape index (κ2) is 8.13. The number of unbranched alkanes of at least 4 members (excludes halogenated alkanes) is 1. The van der Waals surface area contributed by atoms with E-state index < -0.39 is 0 Å². The summed E-state index contributed by atoms with van der Waals surface area (Å²) < 4.78 is 4.76. The van der Waals surface area contributed by atoms with Gasteiger partial charge in [0.1, 0.15) is 0 Å². The molecule has 0 spiro atoms. The molecule has 0 bridgehead atoms. The number of hydrogen-bond donors (Lipinski definition) is 0. The Labute approximate surface area is 74.3 Å². The van der Waals surface area contributed by atoms with Gasteiger partial charge in [-0.25, -0.2) is 0 Å². The molecule has 68 valence electrons. The molecule has 0 saturated carbocycles. The van der Waals surface area contributed by atoms with Gasteiger partial charge in [0.2, 0.25) is 0 Å². The smallest absolute Gasteiger partial charge is 0.305 e. The molecule has 0 aromatic carbocycles. The zero-order valence-corrected chi connectivity index (χ0v) is 7.85. The van der Waals surface area contributed by atoms with E-state index in [1.165, 1.54) is 0 Å². The summed E-state index contributed by atoms with van der Waals surface area (Å²) in [6.45, 7) is 4.30. The highest BCUT2D eigenvalue weighted by molar-refractivity contribution is 5.69. The van der Waals surface area contributed by atoms with Crippen LogP contribution < -0.4 is 0 Å². The first-order chi connectivity index (χ1) is 5.81. The molecule has 0 unspecified atom stereocenters. The predicted octanol–water partition coefficient (Wildman–Crippen LogP) is 2.13. The van der Waals surface area contributed by atoms with E-state index in [2.05, 4.69) is 11.8 Å². The van der Waals surface area contributed by atoms with Crippen LogP contribution in [0.25, 0.3) is 0 Å². The number of carbonyl (C=O) groups excluding carboxylic acids is 1. The Morgan fingerprint density at radius 3 is 2.67 bits per heavy atom. The van der Waals surface area contributed by atoms with E-state index >= 15 is 0 Å². The highest BCUT2D eigenvalue weighted by atomic mass is 16.5.